The van der Waals surface area contributed by atoms with Gasteiger partial charge >= 0.3 is 0 Å². The first-order chi connectivity index (χ1) is 12.5. The van der Waals surface area contributed by atoms with E-state index in [-0.39, 0.29) is 11.6 Å². The van der Waals surface area contributed by atoms with Gasteiger partial charge in [0.25, 0.3) is 5.69 Å². The van der Waals surface area contributed by atoms with Crippen molar-refractivity contribution in [3.63, 3.8) is 0 Å². The molecular formula is C19H20N4O3. The molecule has 0 unspecified atom stereocenters. The molecule has 0 saturated carbocycles. The summed E-state index contributed by atoms with van der Waals surface area (Å²) in [4.78, 5) is 24.0. The van der Waals surface area contributed by atoms with Crippen molar-refractivity contribution in [2.75, 3.05) is 18.9 Å². The largest absolute Gasteiger partial charge is 0.385 e. The van der Waals surface area contributed by atoms with Crippen LogP contribution in [0.3, 0.4) is 0 Å². The predicted octanol–water partition coefficient (Wildman–Crippen LogP) is 3.32. The minimum Gasteiger partial charge on any atom is -0.385 e. The second-order valence-electron chi connectivity index (χ2n) is 5.90. The third-order valence-electron chi connectivity index (χ3n) is 3.88. The smallest absolute Gasteiger partial charge is 0.269 e. The van der Waals surface area contributed by atoms with Crippen molar-refractivity contribution >= 4 is 17.3 Å². The van der Waals surface area contributed by atoms with Gasteiger partial charge in [-0.3, -0.25) is 14.9 Å². The van der Waals surface area contributed by atoms with Crippen LogP contribution in [0, 0.1) is 21.4 Å². The number of carbonyl (C=O) groups is 1. The van der Waals surface area contributed by atoms with Gasteiger partial charge in [0.05, 0.1) is 16.6 Å². The van der Waals surface area contributed by atoms with Crippen LogP contribution in [0.25, 0.3) is 0 Å². The normalized spacial score (nSPS) is 10.0. The first-order valence-electron chi connectivity index (χ1n) is 8.21. The maximum Gasteiger partial charge on any atom is 0.269 e. The Morgan fingerprint density at radius 1 is 1.27 bits per heavy atom. The number of anilines is 1. The van der Waals surface area contributed by atoms with Crippen molar-refractivity contribution in [1.29, 1.82) is 5.26 Å². The Bertz CT molecular complexity index is 812. The fourth-order valence-electron chi connectivity index (χ4n) is 2.47. The molecule has 26 heavy (non-hydrogen) atoms. The Labute approximate surface area is 152 Å². The van der Waals surface area contributed by atoms with Gasteiger partial charge in [0.1, 0.15) is 0 Å². The zero-order chi connectivity index (χ0) is 18.9. The maximum atomic E-state index is 12.2. The second kappa shape index (κ2) is 9.18. The summed E-state index contributed by atoms with van der Waals surface area (Å²) in [6, 6.07) is 15.5. The quantitative estimate of drug-likeness (QED) is 0.446. The van der Waals surface area contributed by atoms with Gasteiger partial charge < -0.3 is 10.2 Å². The van der Waals surface area contributed by atoms with Crippen LogP contribution < -0.4 is 5.32 Å². The summed E-state index contributed by atoms with van der Waals surface area (Å²) >= 11 is 0. The van der Waals surface area contributed by atoms with Crippen LogP contribution in [0.15, 0.2) is 48.5 Å². The first kappa shape index (κ1) is 18.9. The van der Waals surface area contributed by atoms with Crippen molar-refractivity contribution in [3.8, 4) is 6.07 Å². The van der Waals surface area contributed by atoms with Crippen molar-refractivity contribution in [2.24, 2.45) is 0 Å². The third kappa shape index (κ3) is 5.60. The molecule has 0 aliphatic heterocycles. The number of benzene rings is 2. The summed E-state index contributed by atoms with van der Waals surface area (Å²) in [7, 11) is 1.74. The summed E-state index contributed by atoms with van der Waals surface area (Å²) in [6.45, 7) is 1.06. The molecular weight excluding hydrogens is 332 g/mol. The molecule has 0 fully saturated rings. The molecule has 0 saturated heterocycles. The molecule has 0 bridgehead atoms. The molecule has 7 heteroatoms. The van der Waals surface area contributed by atoms with Gasteiger partial charge in [-0.15, -0.1) is 0 Å². The van der Waals surface area contributed by atoms with E-state index >= 15 is 0 Å². The number of nitro groups is 1. The highest BCUT2D eigenvalue weighted by atomic mass is 16.6. The molecule has 7 nitrogen and oxygen atoms in total. The van der Waals surface area contributed by atoms with Crippen LogP contribution in [0.1, 0.15) is 24.0 Å². The fraction of sp³-hybridized carbons (Fsp3) is 0.263. The molecule has 1 amide bonds. The van der Waals surface area contributed by atoms with Crippen LogP contribution in [-0.4, -0.2) is 29.3 Å². The Balaban J connectivity index is 1.73. The van der Waals surface area contributed by atoms with Crippen LogP contribution in [0.4, 0.5) is 11.4 Å². The Hall–Kier alpha value is -3.40. The Morgan fingerprint density at radius 3 is 2.65 bits per heavy atom. The van der Waals surface area contributed by atoms with E-state index < -0.39 is 4.92 Å². The average molecular weight is 352 g/mol. The monoisotopic (exact) mass is 352 g/mol. The second-order valence-corrected chi connectivity index (χ2v) is 5.90. The van der Waals surface area contributed by atoms with Crippen molar-refractivity contribution in [2.45, 2.75) is 19.4 Å². The lowest BCUT2D eigenvalue weighted by molar-refractivity contribution is -0.384. The number of amides is 1. The minimum absolute atomic E-state index is 0.0258. The SMILES string of the molecule is CN(Cc1cccc(C#N)c1)C(=O)CCCNc1ccc([N+](=O)[O-])cc1. The summed E-state index contributed by atoms with van der Waals surface area (Å²) in [6.07, 6.45) is 1.05. The van der Waals surface area contributed by atoms with Crippen LogP contribution in [-0.2, 0) is 11.3 Å². The summed E-state index contributed by atoms with van der Waals surface area (Å²) in [5, 5.41) is 22.7. The van der Waals surface area contributed by atoms with E-state index in [1.165, 1.54) is 12.1 Å². The van der Waals surface area contributed by atoms with Gasteiger partial charge in [0, 0.05) is 44.4 Å². The zero-order valence-corrected chi connectivity index (χ0v) is 14.5. The molecule has 2 aromatic carbocycles. The van der Waals surface area contributed by atoms with E-state index in [2.05, 4.69) is 11.4 Å². The number of hydrogen-bond acceptors (Lipinski definition) is 5. The van der Waals surface area contributed by atoms with Crippen molar-refractivity contribution < 1.29 is 9.72 Å². The predicted molar refractivity (Wildman–Crippen MR) is 98.5 cm³/mol. The molecule has 134 valence electrons. The standard InChI is InChI=1S/C19H20N4O3/c1-22(14-16-5-2-4-15(12-16)13-20)19(24)6-3-11-21-17-7-9-18(10-8-17)23(25)26/h2,4-5,7-10,12,21H,3,6,11,14H2,1H3. The molecule has 0 heterocycles. The van der Waals surface area contributed by atoms with Gasteiger partial charge in [-0.2, -0.15) is 5.26 Å². The first-order valence-corrected chi connectivity index (χ1v) is 8.21. The summed E-state index contributed by atoms with van der Waals surface area (Å²) in [5.74, 6) is 0.0258. The van der Waals surface area contributed by atoms with E-state index in [1.807, 2.05) is 6.07 Å². The molecule has 0 spiro atoms. The fourth-order valence-corrected chi connectivity index (χ4v) is 2.47. The lowest BCUT2D eigenvalue weighted by Crippen LogP contribution is -2.26. The topological polar surface area (TPSA) is 99.3 Å². The highest BCUT2D eigenvalue weighted by Crippen LogP contribution is 2.15. The van der Waals surface area contributed by atoms with Crippen LogP contribution in [0.2, 0.25) is 0 Å². The molecule has 0 aliphatic rings. The molecule has 0 atom stereocenters. The third-order valence-corrected chi connectivity index (χ3v) is 3.88. The molecule has 1 N–H and O–H groups in total. The Kier molecular flexibility index (Phi) is 6.68. The minimum atomic E-state index is -0.440. The van der Waals surface area contributed by atoms with E-state index in [9.17, 15) is 14.9 Å². The molecule has 0 radical (unpaired) electrons. The number of nitrogens with zero attached hydrogens (tertiary/aromatic N) is 3. The van der Waals surface area contributed by atoms with Gasteiger partial charge in [-0.05, 0) is 36.2 Å². The summed E-state index contributed by atoms with van der Waals surface area (Å²) < 4.78 is 0. The highest BCUT2D eigenvalue weighted by Gasteiger charge is 2.09. The lowest BCUT2D eigenvalue weighted by atomic mass is 10.1. The number of nitriles is 1. The van der Waals surface area contributed by atoms with Gasteiger partial charge in [0.15, 0.2) is 0 Å². The van der Waals surface area contributed by atoms with E-state index in [0.29, 0.717) is 31.5 Å². The van der Waals surface area contributed by atoms with Gasteiger partial charge in [-0.1, -0.05) is 12.1 Å². The molecule has 2 aromatic rings. The molecule has 0 aliphatic carbocycles. The number of non-ortho nitro benzene ring substituents is 1. The highest BCUT2D eigenvalue weighted by molar-refractivity contribution is 5.75. The van der Waals surface area contributed by atoms with Crippen LogP contribution in [0.5, 0.6) is 0 Å². The van der Waals surface area contributed by atoms with Crippen molar-refractivity contribution in [1.82, 2.24) is 4.90 Å². The molecule has 0 aromatic heterocycles. The molecule has 2 rings (SSSR count). The summed E-state index contributed by atoms with van der Waals surface area (Å²) in [5.41, 5.74) is 2.33. The number of nitrogens with one attached hydrogen (secondary N) is 1. The van der Waals surface area contributed by atoms with E-state index in [4.69, 9.17) is 5.26 Å². The number of carbonyl (C=O) groups excluding carboxylic acids is 1. The van der Waals surface area contributed by atoms with Crippen molar-refractivity contribution in [3.05, 3.63) is 69.8 Å². The number of rotatable bonds is 8. The zero-order valence-electron chi connectivity index (χ0n) is 14.5. The lowest BCUT2D eigenvalue weighted by Gasteiger charge is -2.17. The average Bonchev–Trinajstić information content (AvgIpc) is 2.65. The van der Waals surface area contributed by atoms with E-state index in [1.54, 1.807) is 42.3 Å². The number of nitro benzene ring substituents is 1. The maximum absolute atomic E-state index is 12.2. The Morgan fingerprint density at radius 2 is 2.00 bits per heavy atom. The van der Waals surface area contributed by atoms with E-state index in [0.717, 1.165) is 11.3 Å². The number of hydrogen-bond donors (Lipinski definition) is 1. The van der Waals surface area contributed by atoms with Gasteiger partial charge in [-0.25, -0.2) is 0 Å². The van der Waals surface area contributed by atoms with Crippen LogP contribution >= 0.6 is 0 Å². The van der Waals surface area contributed by atoms with Gasteiger partial charge in [0.2, 0.25) is 5.91 Å².